The number of H-pyrrole nitrogens is 1. The molecule has 1 aromatic carbocycles. The van der Waals surface area contributed by atoms with Gasteiger partial charge in [-0.15, -0.1) is 0 Å². The summed E-state index contributed by atoms with van der Waals surface area (Å²) in [6.45, 7) is 7.28. The average molecular weight is 312 g/mol. The zero-order valence-corrected chi connectivity index (χ0v) is 13.8. The minimum Gasteiger partial charge on any atom is -0.299 e. The van der Waals surface area contributed by atoms with Crippen LogP contribution in [0.3, 0.4) is 0 Å². The number of likely N-dealkylation sites (tertiary alicyclic amines) is 1. The van der Waals surface area contributed by atoms with Crippen LogP contribution in [0.25, 0.3) is 5.69 Å². The molecule has 2 aromatic rings. The number of aromatic nitrogens is 3. The van der Waals surface area contributed by atoms with E-state index in [9.17, 15) is 4.79 Å². The average Bonchev–Trinajstić information content (AvgIpc) is 2.96. The molecule has 5 nitrogen and oxygen atoms in total. The van der Waals surface area contributed by atoms with Gasteiger partial charge in [0.25, 0.3) is 0 Å². The van der Waals surface area contributed by atoms with Crippen molar-refractivity contribution in [2.24, 2.45) is 0 Å². The monoisotopic (exact) mass is 312 g/mol. The fourth-order valence-corrected chi connectivity index (χ4v) is 3.15. The maximum atomic E-state index is 12.2. The second kappa shape index (κ2) is 6.96. The Morgan fingerprint density at radius 1 is 1.35 bits per heavy atom. The van der Waals surface area contributed by atoms with Gasteiger partial charge in [0.05, 0.1) is 5.69 Å². The van der Waals surface area contributed by atoms with Gasteiger partial charge in [0.15, 0.2) is 0 Å². The van der Waals surface area contributed by atoms with E-state index in [2.05, 4.69) is 35.0 Å². The summed E-state index contributed by atoms with van der Waals surface area (Å²) in [5, 5.41) is 6.95. The summed E-state index contributed by atoms with van der Waals surface area (Å²) >= 11 is 0. The Hall–Kier alpha value is -2.14. The van der Waals surface area contributed by atoms with Crippen LogP contribution in [0.4, 0.5) is 0 Å². The van der Waals surface area contributed by atoms with E-state index in [1.807, 2.05) is 30.3 Å². The lowest BCUT2D eigenvalue weighted by Crippen LogP contribution is -2.36. The number of allylic oxidation sites excluding steroid dienone is 1. The van der Waals surface area contributed by atoms with Gasteiger partial charge in [-0.3, -0.25) is 4.90 Å². The molecule has 3 rings (SSSR count). The standard InChI is InChI=1S/C18H24N4O/c1-14(2)10-12-21-11-6-7-15(13-21)17-19-20-18(23)22(17)16-8-4-3-5-9-16/h3-5,8-10,15H,6-7,11-13H2,1-2H3,(H,20,23). The molecule has 1 aliphatic heterocycles. The molecule has 1 unspecified atom stereocenters. The van der Waals surface area contributed by atoms with Crippen molar-refractivity contribution in [1.82, 2.24) is 19.7 Å². The van der Waals surface area contributed by atoms with Gasteiger partial charge in [-0.1, -0.05) is 29.8 Å². The first-order valence-electron chi connectivity index (χ1n) is 8.23. The molecular formula is C18H24N4O. The molecule has 1 saturated heterocycles. The predicted molar refractivity (Wildman–Crippen MR) is 92.0 cm³/mol. The van der Waals surface area contributed by atoms with Crippen molar-refractivity contribution in [1.29, 1.82) is 0 Å². The molecule has 2 heterocycles. The van der Waals surface area contributed by atoms with E-state index in [0.717, 1.165) is 44.0 Å². The Morgan fingerprint density at radius 2 is 2.13 bits per heavy atom. The largest absolute Gasteiger partial charge is 0.347 e. The highest BCUT2D eigenvalue weighted by atomic mass is 16.1. The Kier molecular flexibility index (Phi) is 4.76. The van der Waals surface area contributed by atoms with Gasteiger partial charge in [-0.2, -0.15) is 5.10 Å². The van der Waals surface area contributed by atoms with E-state index < -0.39 is 0 Å². The van der Waals surface area contributed by atoms with Crippen molar-refractivity contribution in [3.05, 3.63) is 58.3 Å². The lowest BCUT2D eigenvalue weighted by molar-refractivity contribution is 0.222. The summed E-state index contributed by atoms with van der Waals surface area (Å²) in [6.07, 6.45) is 4.47. The van der Waals surface area contributed by atoms with Gasteiger partial charge in [-0.25, -0.2) is 14.5 Å². The summed E-state index contributed by atoms with van der Waals surface area (Å²) in [4.78, 5) is 14.6. The third-order valence-corrected chi connectivity index (χ3v) is 4.34. The number of hydrogen-bond acceptors (Lipinski definition) is 3. The third-order valence-electron chi connectivity index (χ3n) is 4.34. The Labute approximate surface area is 136 Å². The molecule has 1 aliphatic rings. The molecule has 0 bridgehead atoms. The van der Waals surface area contributed by atoms with Crippen molar-refractivity contribution in [2.75, 3.05) is 19.6 Å². The van der Waals surface area contributed by atoms with Gasteiger partial charge in [0.2, 0.25) is 0 Å². The molecule has 0 amide bonds. The van der Waals surface area contributed by atoms with Gasteiger partial charge in [0, 0.05) is 19.0 Å². The van der Waals surface area contributed by atoms with Crippen molar-refractivity contribution < 1.29 is 0 Å². The van der Waals surface area contributed by atoms with E-state index in [0.29, 0.717) is 0 Å². The lowest BCUT2D eigenvalue weighted by Gasteiger charge is -2.31. The maximum Gasteiger partial charge on any atom is 0.347 e. The second-order valence-corrected chi connectivity index (χ2v) is 6.44. The molecule has 0 spiro atoms. The summed E-state index contributed by atoms with van der Waals surface area (Å²) in [5.74, 6) is 1.14. The highest BCUT2D eigenvalue weighted by Crippen LogP contribution is 2.26. The molecule has 0 radical (unpaired) electrons. The molecule has 5 heteroatoms. The van der Waals surface area contributed by atoms with Gasteiger partial charge in [0.1, 0.15) is 5.82 Å². The molecular weight excluding hydrogens is 288 g/mol. The van der Waals surface area contributed by atoms with Crippen LogP contribution in [0.15, 0.2) is 46.8 Å². The van der Waals surface area contributed by atoms with Crippen LogP contribution in [-0.2, 0) is 0 Å². The highest BCUT2D eigenvalue weighted by Gasteiger charge is 2.26. The summed E-state index contributed by atoms with van der Waals surface area (Å²) < 4.78 is 1.72. The van der Waals surface area contributed by atoms with Crippen LogP contribution < -0.4 is 5.69 Å². The first-order chi connectivity index (χ1) is 11.1. The smallest absolute Gasteiger partial charge is 0.299 e. The first-order valence-corrected chi connectivity index (χ1v) is 8.23. The van der Waals surface area contributed by atoms with E-state index in [-0.39, 0.29) is 11.6 Å². The molecule has 1 aromatic heterocycles. The fraction of sp³-hybridized carbons (Fsp3) is 0.444. The van der Waals surface area contributed by atoms with Crippen LogP contribution in [0, 0.1) is 0 Å². The van der Waals surface area contributed by atoms with Crippen molar-refractivity contribution in [3.63, 3.8) is 0 Å². The molecule has 23 heavy (non-hydrogen) atoms. The SMILES string of the molecule is CC(C)=CCN1CCCC(c2n[nH]c(=O)n2-c2ccccc2)C1. The van der Waals surface area contributed by atoms with Crippen LogP contribution >= 0.6 is 0 Å². The summed E-state index contributed by atoms with van der Waals surface area (Å²) in [5.41, 5.74) is 2.06. The number of rotatable bonds is 4. The van der Waals surface area contributed by atoms with Crippen molar-refractivity contribution in [2.45, 2.75) is 32.6 Å². The van der Waals surface area contributed by atoms with E-state index in [1.165, 1.54) is 5.57 Å². The Morgan fingerprint density at radius 3 is 2.87 bits per heavy atom. The molecule has 1 fully saturated rings. The van der Waals surface area contributed by atoms with E-state index >= 15 is 0 Å². The molecule has 0 saturated carbocycles. The quantitative estimate of drug-likeness (QED) is 0.883. The number of benzene rings is 1. The number of piperidine rings is 1. The van der Waals surface area contributed by atoms with Crippen molar-refractivity contribution in [3.8, 4) is 5.69 Å². The zero-order valence-electron chi connectivity index (χ0n) is 13.8. The maximum absolute atomic E-state index is 12.2. The summed E-state index contributed by atoms with van der Waals surface area (Å²) in [7, 11) is 0. The molecule has 1 atom stereocenters. The normalized spacial score (nSPS) is 18.8. The Bertz CT molecular complexity index is 725. The number of nitrogens with one attached hydrogen (secondary N) is 1. The van der Waals surface area contributed by atoms with Gasteiger partial charge < -0.3 is 0 Å². The second-order valence-electron chi connectivity index (χ2n) is 6.44. The van der Waals surface area contributed by atoms with Gasteiger partial charge >= 0.3 is 5.69 Å². The third kappa shape index (κ3) is 3.62. The number of nitrogens with zero attached hydrogens (tertiary/aromatic N) is 3. The van der Waals surface area contributed by atoms with Crippen LogP contribution in [-0.4, -0.2) is 39.3 Å². The van der Waals surface area contributed by atoms with E-state index in [4.69, 9.17) is 0 Å². The fourth-order valence-electron chi connectivity index (χ4n) is 3.15. The molecule has 0 aliphatic carbocycles. The minimum absolute atomic E-state index is 0.160. The summed E-state index contributed by atoms with van der Waals surface area (Å²) in [6, 6.07) is 9.74. The van der Waals surface area contributed by atoms with Crippen LogP contribution in [0.2, 0.25) is 0 Å². The number of para-hydroxylation sites is 1. The molecule has 122 valence electrons. The first kappa shape index (κ1) is 15.7. The number of aromatic amines is 1. The predicted octanol–water partition coefficient (Wildman–Crippen LogP) is 2.71. The Balaban J connectivity index is 1.85. The topological polar surface area (TPSA) is 53.9 Å². The van der Waals surface area contributed by atoms with Crippen LogP contribution in [0.1, 0.15) is 38.4 Å². The number of hydrogen-bond donors (Lipinski definition) is 1. The van der Waals surface area contributed by atoms with Gasteiger partial charge in [-0.05, 0) is 45.4 Å². The lowest BCUT2D eigenvalue weighted by atomic mass is 9.97. The highest BCUT2D eigenvalue weighted by molar-refractivity contribution is 5.32. The van der Waals surface area contributed by atoms with Crippen molar-refractivity contribution >= 4 is 0 Å². The molecule has 1 N–H and O–H groups in total. The minimum atomic E-state index is -0.160. The van der Waals surface area contributed by atoms with E-state index in [1.54, 1.807) is 4.57 Å². The zero-order chi connectivity index (χ0) is 16.2. The van der Waals surface area contributed by atoms with Crippen LogP contribution in [0.5, 0.6) is 0 Å².